The predicted molar refractivity (Wildman–Crippen MR) is 79.2 cm³/mol. The van der Waals surface area contributed by atoms with Crippen molar-refractivity contribution in [3.63, 3.8) is 0 Å². The largest absolute Gasteiger partial charge is 0.495 e. The van der Waals surface area contributed by atoms with E-state index in [0.29, 0.717) is 0 Å². The molecule has 1 heterocycles. The number of halogens is 1. The Kier molecular flexibility index (Phi) is 3.51. The van der Waals surface area contributed by atoms with Gasteiger partial charge in [-0.25, -0.2) is 0 Å². The maximum Gasteiger partial charge on any atom is 0.495 e. The third-order valence-corrected chi connectivity index (χ3v) is 4.43. The zero-order valence-electron chi connectivity index (χ0n) is 11.3. The smallest absolute Gasteiger partial charge is 0.399 e. The zero-order valence-corrected chi connectivity index (χ0v) is 12.9. The average molecular weight is 312 g/mol. The number of rotatable bonds is 2. The van der Waals surface area contributed by atoms with Crippen LogP contribution >= 0.6 is 15.9 Å². The van der Waals surface area contributed by atoms with Crippen LogP contribution in [0.15, 0.2) is 18.2 Å². The summed E-state index contributed by atoms with van der Waals surface area (Å²) in [5.41, 5.74) is 8.08. The molecule has 0 unspecified atom stereocenters. The van der Waals surface area contributed by atoms with Gasteiger partial charge in [0.15, 0.2) is 0 Å². The summed E-state index contributed by atoms with van der Waals surface area (Å²) >= 11 is 3.49. The van der Waals surface area contributed by atoms with Crippen molar-refractivity contribution in [2.45, 2.75) is 44.2 Å². The Labute approximate surface area is 117 Å². The molecule has 1 saturated heterocycles. The van der Waals surface area contributed by atoms with Gasteiger partial charge in [0.1, 0.15) is 0 Å². The van der Waals surface area contributed by atoms with Crippen molar-refractivity contribution in [3.05, 3.63) is 23.8 Å². The van der Waals surface area contributed by atoms with Crippen molar-refractivity contribution in [1.29, 1.82) is 0 Å². The zero-order chi connectivity index (χ0) is 13.6. The molecule has 1 aliphatic heterocycles. The second-order valence-electron chi connectivity index (χ2n) is 5.68. The third kappa shape index (κ3) is 2.31. The molecule has 2 rings (SSSR count). The predicted octanol–water partition coefficient (Wildman–Crippen LogP) is 2.46. The van der Waals surface area contributed by atoms with Gasteiger partial charge in [0, 0.05) is 11.0 Å². The fourth-order valence-electron chi connectivity index (χ4n) is 1.92. The highest BCUT2D eigenvalue weighted by Crippen LogP contribution is 2.36. The van der Waals surface area contributed by atoms with E-state index in [0.717, 1.165) is 22.0 Å². The summed E-state index contributed by atoms with van der Waals surface area (Å²) in [6.45, 7) is 8.19. The summed E-state index contributed by atoms with van der Waals surface area (Å²) in [5, 5.41) is 0.757. The lowest BCUT2D eigenvalue weighted by Crippen LogP contribution is -2.41. The Balaban J connectivity index is 2.37. The first kappa shape index (κ1) is 13.9. The van der Waals surface area contributed by atoms with E-state index in [1.54, 1.807) is 0 Å². The second-order valence-corrected chi connectivity index (χ2v) is 6.24. The molecule has 1 aromatic carbocycles. The van der Waals surface area contributed by atoms with Crippen molar-refractivity contribution in [2.24, 2.45) is 0 Å². The maximum atomic E-state index is 6.05. The standard InChI is InChI=1S/C13H19BBrNO2/c1-12(2)13(3,4)18-14(17-12)11-7-10(16)6-5-9(11)8-15/h5-7H,8,16H2,1-4H3. The van der Waals surface area contributed by atoms with Crippen LogP contribution < -0.4 is 11.2 Å². The number of anilines is 1. The first-order valence-corrected chi connectivity index (χ1v) is 7.19. The van der Waals surface area contributed by atoms with Gasteiger partial charge in [-0.15, -0.1) is 0 Å². The Bertz CT molecular complexity index is 446. The van der Waals surface area contributed by atoms with Gasteiger partial charge in [0.25, 0.3) is 0 Å². The Hall–Kier alpha value is -0.515. The molecule has 0 saturated carbocycles. The number of alkyl halides is 1. The summed E-state index contributed by atoms with van der Waals surface area (Å²) in [4.78, 5) is 0. The van der Waals surface area contributed by atoms with Crippen LogP contribution in [0.3, 0.4) is 0 Å². The van der Waals surface area contributed by atoms with E-state index in [1.807, 2.05) is 45.9 Å². The fourth-order valence-corrected chi connectivity index (χ4v) is 2.44. The monoisotopic (exact) mass is 311 g/mol. The molecular formula is C13H19BBrNO2. The molecule has 98 valence electrons. The second kappa shape index (κ2) is 4.55. The Morgan fingerprint density at radius 2 is 1.72 bits per heavy atom. The molecule has 5 heteroatoms. The van der Waals surface area contributed by atoms with E-state index in [-0.39, 0.29) is 18.3 Å². The van der Waals surface area contributed by atoms with Crippen LogP contribution in [0.5, 0.6) is 0 Å². The summed E-state index contributed by atoms with van der Waals surface area (Å²) in [7, 11) is -0.356. The number of nitrogens with two attached hydrogens (primary N) is 1. The highest BCUT2D eigenvalue weighted by molar-refractivity contribution is 9.08. The molecule has 2 N–H and O–H groups in total. The molecule has 0 radical (unpaired) electrons. The summed E-state index contributed by atoms with van der Waals surface area (Å²) in [6, 6.07) is 5.83. The highest BCUT2D eigenvalue weighted by atomic mass is 79.9. The Morgan fingerprint density at radius 1 is 1.17 bits per heavy atom. The first-order valence-electron chi connectivity index (χ1n) is 6.07. The molecular weight excluding hydrogens is 293 g/mol. The van der Waals surface area contributed by atoms with E-state index in [9.17, 15) is 0 Å². The van der Waals surface area contributed by atoms with Gasteiger partial charge in [-0.3, -0.25) is 0 Å². The first-order chi connectivity index (χ1) is 8.27. The molecule has 0 spiro atoms. The molecule has 0 aliphatic carbocycles. The van der Waals surface area contributed by atoms with E-state index in [2.05, 4.69) is 15.9 Å². The van der Waals surface area contributed by atoms with Crippen LogP contribution in [-0.2, 0) is 14.6 Å². The maximum absolute atomic E-state index is 6.05. The lowest BCUT2D eigenvalue weighted by Gasteiger charge is -2.32. The van der Waals surface area contributed by atoms with Gasteiger partial charge in [-0.2, -0.15) is 0 Å². The van der Waals surface area contributed by atoms with Crippen molar-refractivity contribution >= 4 is 34.2 Å². The highest BCUT2D eigenvalue weighted by Gasteiger charge is 2.52. The molecule has 1 aliphatic rings. The van der Waals surface area contributed by atoms with Crippen molar-refractivity contribution < 1.29 is 9.31 Å². The lowest BCUT2D eigenvalue weighted by atomic mass is 9.76. The van der Waals surface area contributed by atoms with Gasteiger partial charge in [0.05, 0.1) is 11.2 Å². The van der Waals surface area contributed by atoms with Gasteiger partial charge in [-0.1, -0.05) is 22.0 Å². The van der Waals surface area contributed by atoms with Gasteiger partial charge in [-0.05, 0) is 50.9 Å². The minimum atomic E-state index is -0.356. The Morgan fingerprint density at radius 3 is 2.22 bits per heavy atom. The van der Waals surface area contributed by atoms with E-state index in [1.165, 1.54) is 0 Å². The SMILES string of the molecule is CC1(C)OB(c2cc(N)ccc2CBr)OC1(C)C. The van der Waals surface area contributed by atoms with Crippen LogP contribution in [-0.4, -0.2) is 18.3 Å². The number of benzene rings is 1. The van der Waals surface area contributed by atoms with Crippen molar-refractivity contribution in [1.82, 2.24) is 0 Å². The van der Waals surface area contributed by atoms with Crippen LogP contribution in [0.4, 0.5) is 5.69 Å². The molecule has 1 fully saturated rings. The number of hydrogen-bond acceptors (Lipinski definition) is 3. The van der Waals surface area contributed by atoms with E-state index < -0.39 is 0 Å². The van der Waals surface area contributed by atoms with E-state index in [4.69, 9.17) is 15.0 Å². The van der Waals surface area contributed by atoms with Gasteiger partial charge < -0.3 is 15.0 Å². The fraction of sp³-hybridized carbons (Fsp3) is 0.538. The van der Waals surface area contributed by atoms with Gasteiger partial charge in [0.2, 0.25) is 0 Å². The summed E-state index contributed by atoms with van der Waals surface area (Å²) < 4.78 is 12.1. The normalized spacial score (nSPS) is 21.3. The summed E-state index contributed by atoms with van der Waals surface area (Å²) in [6.07, 6.45) is 0. The van der Waals surface area contributed by atoms with Crippen LogP contribution in [0.25, 0.3) is 0 Å². The van der Waals surface area contributed by atoms with Crippen LogP contribution in [0, 0.1) is 0 Å². The number of nitrogen functional groups attached to an aromatic ring is 1. The van der Waals surface area contributed by atoms with Crippen LogP contribution in [0.2, 0.25) is 0 Å². The quantitative estimate of drug-likeness (QED) is 0.518. The molecule has 0 atom stereocenters. The molecule has 1 aromatic rings. The molecule has 3 nitrogen and oxygen atoms in total. The average Bonchev–Trinajstić information content (AvgIpc) is 2.48. The minimum absolute atomic E-state index is 0.328. The third-order valence-electron chi connectivity index (χ3n) is 3.82. The molecule has 18 heavy (non-hydrogen) atoms. The summed E-state index contributed by atoms with van der Waals surface area (Å²) in [5.74, 6) is 0. The van der Waals surface area contributed by atoms with E-state index >= 15 is 0 Å². The topological polar surface area (TPSA) is 44.5 Å². The van der Waals surface area contributed by atoms with Crippen molar-refractivity contribution in [3.8, 4) is 0 Å². The van der Waals surface area contributed by atoms with Crippen molar-refractivity contribution in [2.75, 3.05) is 5.73 Å². The van der Waals surface area contributed by atoms with Crippen LogP contribution in [0.1, 0.15) is 33.3 Å². The van der Waals surface area contributed by atoms with Gasteiger partial charge >= 0.3 is 7.12 Å². The minimum Gasteiger partial charge on any atom is -0.399 e. The lowest BCUT2D eigenvalue weighted by molar-refractivity contribution is 0.00578. The number of hydrogen-bond donors (Lipinski definition) is 1. The molecule has 0 aromatic heterocycles. The molecule has 0 bridgehead atoms. The molecule has 0 amide bonds.